The molecule has 1 aliphatic carbocycles. The average molecular weight is 368 g/mol. The Morgan fingerprint density at radius 2 is 1.81 bits per heavy atom. The van der Waals surface area contributed by atoms with Crippen molar-refractivity contribution >= 4 is 12.2 Å². The first-order chi connectivity index (χ1) is 12.6. The lowest BCUT2D eigenvalue weighted by Gasteiger charge is -2.16. The van der Waals surface area contributed by atoms with Crippen molar-refractivity contribution in [2.75, 3.05) is 7.05 Å². The molecule has 134 valence electrons. The van der Waals surface area contributed by atoms with Crippen molar-refractivity contribution in [3.63, 3.8) is 0 Å². The molecule has 0 radical (unpaired) electrons. The topological polar surface area (TPSA) is 26.0 Å². The van der Waals surface area contributed by atoms with Crippen molar-refractivity contribution in [1.82, 2.24) is 19.2 Å². The first-order valence-electron chi connectivity index (χ1n) is 8.80. The van der Waals surface area contributed by atoms with Gasteiger partial charge in [-0.3, -0.25) is 9.47 Å². The van der Waals surface area contributed by atoms with E-state index in [2.05, 4.69) is 21.6 Å². The van der Waals surface area contributed by atoms with Crippen molar-refractivity contribution in [1.29, 1.82) is 0 Å². The summed E-state index contributed by atoms with van der Waals surface area (Å²) in [4.78, 5) is 2.13. The lowest BCUT2D eigenvalue weighted by atomic mass is 10.2. The number of hydrogen-bond acceptors (Lipinski definition) is 3. The molecule has 0 spiro atoms. The Kier molecular flexibility index (Phi) is 4.70. The fourth-order valence-corrected chi connectivity index (χ4v) is 3.42. The summed E-state index contributed by atoms with van der Waals surface area (Å²) in [7, 11) is 2.02. The number of para-hydroxylation sites is 1. The van der Waals surface area contributed by atoms with E-state index in [9.17, 15) is 4.39 Å². The van der Waals surface area contributed by atoms with E-state index in [1.165, 1.54) is 25.0 Å². The lowest BCUT2D eigenvalue weighted by Crippen LogP contribution is -2.22. The second-order valence-corrected chi connectivity index (χ2v) is 7.23. The smallest absolute Gasteiger partial charge is 0.203 e. The zero-order valence-electron chi connectivity index (χ0n) is 14.7. The SMILES string of the molecule is CN(Cc1ccc(F)cc1)Cn1nc(C2CC2)n(-c2ccccc2)c1=S. The minimum absolute atomic E-state index is 0.214. The van der Waals surface area contributed by atoms with E-state index < -0.39 is 0 Å². The minimum atomic E-state index is -0.214. The maximum atomic E-state index is 13.1. The van der Waals surface area contributed by atoms with Gasteiger partial charge >= 0.3 is 0 Å². The molecule has 0 N–H and O–H groups in total. The highest BCUT2D eigenvalue weighted by Crippen LogP contribution is 2.40. The molecule has 1 fully saturated rings. The normalized spacial score (nSPS) is 14.1. The highest BCUT2D eigenvalue weighted by atomic mass is 32.1. The molecule has 1 saturated carbocycles. The van der Waals surface area contributed by atoms with Crippen LogP contribution in [0.1, 0.15) is 30.1 Å². The largest absolute Gasteiger partial charge is 0.283 e. The Labute approximate surface area is 157 Å². The van der Waals surface area contributed by atoms with Gasteiger partial charge in [0.15, 0.2) is 0 Å². The zero-order chi connectivity index (χ0) is 18.1. The van der Waals surface area contributed by atoms with Crippen LogP contribution >= 0.6 is 12.2 Å². The maximum absolute atomic E-state index is 13.1. The molecule has 1 aliphatic rings. The van der Waals surface area contributed by atoms with Crippen molar-refractivity contribution in [2.45, 2.75) is 32.0 Å². The third-order valence-electron chi connectivity index (χ3n) is 4.56. The number of benzene rings is 2. The summed E-state index contributed by atoms with van der Waals surface area (Å²) < 4.78 is 17.8. The van der Waals surface area contributed by atoms with Gasteiger partial charge in [0.25, 0.3) is 0 Å². The lowest BCUT2D eigenvalue weighted by molar-refractivity contribution is 0.243. The predicted molar refractivity (Wildman–Crippen MR) is 102 cm³/mol. The van der Waals surface area contributed by atoms with Gasteiger partial charge in [0, 0.05) is 18.2 Å². The Balaban J connectivity index is 1.59. The number of halogens is 1. The fourth-order valence-electron chi connectivity index (χ4n) is 3.12. The molecule has 0 bridgehead atoms. The summed E-state index contributed by atoms with van der Waals surface area (Å²) in [6.45, 7) is 1.30. The predicted octanol–water partition coefficient (Wildman–Crippen LogP) is 4.51. The van der Waals surface area contributed by atoms with E-state index in [1.807, 2.05) is 42.1 Å². The second kappa shape index (κ2) is 7.13. The number of rotatable bonds is 6. The fraction of sp³-hybridized carbons (Fsp3) is 0.300. The molecule has 26 heavy (non-hydrogen) atoms. The summed E-state index contributed by atoms with van der Waals surface area (Å²) in [5.41, 5.74) is 2.12. The van der Waals surface area contributed by atoms with E-state index in [0.29, 0.717) is 23.9 Å². The van der Waals surface area contributed by atoms with Crippen LogP contribution < -0.4 is 0 Å². The van der Waals surface area contributed by atoms with Gasteiger partial charge in [0.1, 0.15) is 11.6 Å². The van der Waals surface area contributed by atoms with Crippen LogP contribution in [0.25, 0.3) is 5.69 Å². The van der Waals surface area contributed by atoms with E-state index in [-0.39, 0.29) is 5.82 Å². The van der Waals surface area contributed by atoms with Gasteiger partial charge in [0.05, 0.1) is 6.67 Å². The van der Waals surface area contributed by atoms with E-state index in [0.717, 1.165) is 17.1 Å². The molecule has 6 heteroatoms. The molecule has 4 rings (SSSR count). The summed E-state index contributed by atoms with van der Waals surface area (Å²) in [5.74, 6) is 1.34. The van der Waals surface area contributed by atoms with Crippen LogP contribution in [0.3, 0.4) is 0 Å². The Morgan fingerprint density at radius 3 is 2.46 bits per heavy atom. The van der Waals surface area contributed by atoms with Crippen LogP contribution in [0.4, 0.5) is 4.39 Å². The van der Waals surface area contributed by atoms with Crippen LogP contribution in [-0.4, -0.2) is 26.3 Å². The Hall–Kier alpha value is -2.31. The molecule has 2 aromatic carbocycles. The zero-order valence-corrected chi connectivity index (χ0v) is 15.5. The summed E-state index contributed by atoms with van der Waals surface area (Å²) in [5, 5.41) is 4.82. The quantitative estimate of drug-likeness (QED) is 0.599. The summed E-state index contributed by atoms with van der Waals surface area (Å²) >= 11 is 5.73. The highest BCUT2D eigenvalue weighted by Gasteiger charge is 2.30. The molecule has 0 saturated heterocycles. The van der Waals surface area contributed by atoms with Crippen molar-refractivity contribution < 1.29 is 4.39 Å². The molecule has 4 nitrogen and oxygen atoms in total. The molecule has 0 unspecified atom stereocenters. The Morgan fingerprint density at radius 1 is 1.12 bits per heavy atom. The van der Waals surface area contributed by atoms with Gasteiger partial charge in [-0.25, -0.2) is 9.07 Å². The van der Waals surface area contributed by atoms with Crippen LogP contribution in [0, 0.1) is 10.6 Å². The third kappa shape index (κ3) is 3.61. The van der Waals surface area contributed by atoms with Gasteiger partial charge in [0.2, 0.25) is 4.77 Å². The van der Waals surface area contributed by atoms with E-state index >= 15 is 0 Å². The molecule has 0 amide bonds. The molecule has 3 aromatic rings. The second-order valence-electron chi connectivity index (χ2n) is 6.87. The number of nitrogens with zero attached hydrogens (tertiary/aromatic N) is 4. The van der Waals surface area contributed by atoms with Gasteiger partial charge < -0.3 is 0 Å². The van der Waals surface area contributed by atoms with Crippen LogP contribution in [0.5, 0.6) is 0 Å². The first-order valence-corrected chi connectivity index (χ1v) is 9.21. The molecular weight excluding hydrogens is 347 g/mol. The molecular formula is C20H21FN4S. The van der Waals surface area contributed by atoms with Crippen LogP contribution in [-0.2, 0) is 13.2 Å². The van der Waals surface area contributed by atoms with Gasteiger partial charge in [-0.15, -0.1) is 0 Å². The number of hydrogen-bond donors (Lipinski definition) is 0. The first kappa shape index (κ1) is 17.1. The van der Waals surface area contributed by atoms with Gasteiger partial charge in [-0.1, -0.05) is 30.3 Å². The summed E-state index contributed by atoms with van der Waals surface area (Å²) in [6.07, 6.45) is 2.34. The van der Waals surface area contributed by atoms with Crippen molar-refractivity contribution in [3.05, 3.63) is 76.6 Å². The van der Waals surface area contributed by atoms with Crippen LogP contribution in [0.15, 0.2) is 54.6 Å². The molecule has 1 aromatic heterocycles. The third-order valence-corrected chi connectivity index (χ3v) is 4.96. The average Bonchev–Trinajstić information content (AvgIpc) is 3.43. The van der Waals surface area contributed by atoms with Crippen LogP contribution in [0.2, 0.25) is 0 Å². The molecule has 0 atom stereocenters. The maximum Gasteiger partial charge on any atom is 0.203 e. The molecule has 1 heterocycles. The highest BCUT2D eigenvalue weighted by molar-refractivity contribution is 7.71. The van der Waals surface area contributed by atoms with Crippen molar-refractivity contribution in [3.8, 4) is 5.69 Å². The van der Waals surface area contributed by atoms with Gasteiger partial charge in [-0.2, -0.15) is 5.10 Å². The minimum Gasteiger partial charge on any atom is -0.283 e. The monoisotopic (exact) mass is 368 g/mol. The molecule has 0 aliphatic heterocycles. The Bertz CT molecular complexity index is 942. The summed E-state index contributed by atoms with van der Waals surface area (Å²) in [6, 6.07) is 16.8. The number of aromatic nitrogens is 3. The van der Waals surface area contributed by atoms with E-state index in [4.69, 9.17) is 17.3 Å². The van der Waals surface area contributed by atoms with Crippen molar-refractivity contribution in [2.24, 2.45) is 0 Å². The van der Waals surface area contributed by atoms with Gasteiger partial charge in [-0.05, 0) is 61.9 Å². The standard InChI is InChI=1S/C20H21FN4S/c1-23(13-15-7-11-17(21)12-8-15)14-24-20(26)25(18-5-3-2-4-6-18)19(22-24)16-9-10-16/h2-8,11-12,16H,9-10,13-14H2,1H3. The van der Waals surface area contributed by atoms with E-state index in [1.54, 1.807) is 0 Å².